The van der Waals surface area contributed by atoms with Crippen LogP contribution in [0.25, 0.3) is 0 Å². The van der Waals surface area contributed by atoms with Gasteiger partial charge in [-0.1, -0.05) is 11.6 Å². The fraction of sp³-hybridized carbons (Fsp3) is 0.250. The summed E-state index contributed by atoms with van der Waals surface area (Å²) in [6.07, 6.45) is 0.476. The summed E-state index contributed by atoms with van der Waals surface area (Å²) in [4.78, 5) is 0.183. The average molecular weight is 355 g/mol. The van der Waals surface area contributed by atoms with Gasteiger partial charge in [-0.25, -0.2) is 13.1 Å². The maximum absolute atomic E-state index is 12.2. The Morgan fingerprint density at radius 2 is 1.87 bits per heavy atom. The quantitative estimate of drug-likeness (QED) is 0.749. The zero-order chi connectivity index (χ0) is 16.9. The third kappa shape index (κ3) is 4.86. The number of ether oxygens (including phenoxy) is 1. The first-order valence-electron chi connectivity index (χ1n) is 7.19. The first kappa shape index (κ1) is 17.6. The number of hydrogen-bond donors (Lipinski definition) is 2. The molecule has 0 aliphatic rings. The summed E-state index contributed by atoms with van der Waals surface area (Å²) < 4.78 is 32.5. The second-order valence-electron chi connectivity index (χ2n) is 4.90. The van der Waals surface area contributed by atoms with Crippen molar-refractivity contribution in [3.8, 4) is 5.75 Å². The molecule has 0 aliphatic carbocycles. The Bertz CT molecular complexity index is 761. The van der Waals surface area contributed by atoms with E-state index >= 15 is 0 Å². The third-order valence-electron chi connectivity index (χ3n) is 3.20. The summed E-state index contributed by atoms with van der Waals surface area (Å²) >= 11 is 5.99. The van der Waals surface area contributed by atoms with Crippen LogP contribution >= 0.6 is 11.6 Å². The van der Waals surface area contributed by atoms with Crippen LogP contribution in [0.15, 0.2) is 47.4 Å². The zero-order valence-corrected chi connectivity index (χ0v) is 14.3. The minimum absolute atomic E-state index is 0.183. The normalized spacial score (nSPS) is 11.4. The van der Waals surface area contributed by atoms with Crippen molar-refractivity contribution in [3.63, 3.8) is 0 Å². The minimum Gasteiger partial charge on any atom is -0.494 e. The molecule has 7 heteroatoms. The summed E-state index contributed by atoms with van der Waals surface area (Å²) in [6.45, 7) is 2.67. The average Bonchev–Trinajstić information content (AvgIpc) is 2.50. The highest BCUT2D eigenvalue weighted by molar-refractivity contribution is 7.89. The van der Waals surface area contributed by atoms with Crippen LogP contribution in [0.1, 0.15) is 12.5 Å². The van der Waals surface area contributed by atoms with Crippen molar-refractivity contribution < 1.29 is 13.2 Å². The number of sulfonamides is 1. The van der Waals surface area contributed by atoms with Gasteiger partial charge in [0.05, 0.1) is 11.5 Å². The summed E-state index contributed by atoms with van der Waals surface area (Å²) in [5.74, 6) is 0.712. The summed E-state index contributed by atoms with van der Waals surface area (Å²) in [6, 6.07) is 11.4. The molecule has 5 nitrogen and oxygen atoms in total. The van der Waals surface area contributed by atoms with Crippen molar-refractivity contribution >= 4 is 27.3 Å². The molecular weight excluding hydrogens is 336 g/mol. The van der Waals surface area contributed by atoms with Crippen LogP contribution in [0, 0.1) is 0 Å². The van der Waals surface area contributed by atoms with E-state index in [4.69, 9.17) is 22.1 Å². The molecule has 23 heavy (non-hydrogen) atoms. The predicted molar refractivity (Wildman–Crippen MR) is 92.4 cm³/mol. The number of rotatable bonds is 7. The number of halogens is 1. The van der Waals surface area contributed by atoms with Crippen molar-refractivity contribution in [2.24, 2.45) is 0 Å². The SMILES string of the molecule is CCOc1ccc(Cl)cc1CCNS(=O)(=O)c1ccc(N)cc1. The molecule has 0 unspecified atom stereocenters. The smallest absolute Gasteiger partial charge is 0.240 e. The topological polar surface area (TPSA) is 81.4 Å². The second-order valence-corrected chi connectivity index (χ2v) is 7.11. The molecule has 0 spiro atoms. The highest BCUT2D eigenvalue weighted by Crippen LogP contribution is 2.23. The second kappa shape index (κ2) is 7.68. The van der Waals surface area contributed by atoms with Gasteiger partial charge in [0.1, 0.15) is 5.75 Å². The molecule has 0 amide bonds. The summed E-state index contributed by atoms with van der Waals surface area (Å²) in [5, 5.41) is 0.588. The van der Waals surface area contributed by atoms with Crippen molar-refractivity contribution in [2.45, 2.75) is 18.2 Å². The van der Waals surface area contributed by atoms with E-state index in [-0.39, 0.29) is 11.4 Å². The van der Waals surface area contributed by atoms with E-state index in [1.807, 2.05) is 6.92 Å². The van der Waals surface area contributed by atoms with Gasteiger partial charge in [-0.3, -0.25) is 0 Å². The molecule has 0 saturated carbocycles. The van der Waals surface area contributed by atoms with E-state index in [1.54, 1.807) is 30.3 Å². The van der Waals surface area contributed by atoms with E-state index in [0.717, 1.165) is 5.56 Å². The monoisotopic (exact) mass is 354 g/mol. The molecule has 2 rings (SSSR count). The number of hydrogen-bond acceptors (Lipinski definition) is 4. The Morgan fingerprint density at radius 3 is 2.52 bits per heavy atom. The van der Waals surface area contributed by atoms with E-state index in [1.165, 1.54) is 12.1 Å². The molecule has 0 fully saturated rings. The van der Waals surface area contributed by atoms with Gasteiger partial charge in [-0.2, -0.15) is 0 Å². The van der Waals surface area contributed by atoms with Crippen molar-refractivity contribution in [3.05, 3.63) is 53.1 Å². The molecule has 0 aromatic heterocycles. The van der Waals surface area contributed by atoms with Gasteiger partial charge in [0.15, 0.2) is 0 Å². The van der Waals surface area contributed by atoms with Gasteiger partial charge in [-0.05, 0) is 61.4 Å². The maximum atomic E-state index is 12.2. The third-order valence-corrected chi connectivity index (χ3v) is 4.91. The first-order chi connectivity index (χ1) is 10.9. The highest BCUT2D eigenvalue weighted by atomic mass is 35.5. The Hall–Kier alpha value is -1.76. The van der Waals surface area contributed by atoms with Crippen molar-refractivity contribution in [2.75, 3.05) is 18.9 Å². The highest BCUT2D eigenvalue weighted by Gasteiger charge is 2.13. The molecule has 2 aromatic rings. The standard InChI is InChI=1S/C16H19ClN2O3S/c1-2-22-16-8-3-13(17)11-12(16)9-10-19-23(20,21)15-6-4-14(18)5-7-15/h3-8,11,19H,2,9-10,18H2,1H3. The van der Waals surface area contributed by atoms with E-state index in [0.29, 0.717) is 29.5 Å². The molecule has 0 radical (unpaired) electrons. The van der Waals surface area contributed by atoms with Crippen LogP contribution < -0.4 is 15.2 Å². The number of nitrogens with one attached hydrogen (secondary N) is 1. The Balaban J connectivity index is 2.04. The maximum Gasteiger partial charge on any atom is 0.240 e. The Kier molecular flexibility index (Phi) is 5.87. The van der Waals surface area contributed by atoms with Gasteiger partial charge in [0.2, 0.25) is 10.0 Å². The van der Waals surface area contributed by atoms with Gasteiger partial charge in [0, 0.05) is 17.3 Å². The lowest BCUT2D eigenvalue weighted by Crippen LogP contribution is -2.26. The van der Waals surface area contributed by atoms with Crippen molar-refractivity contribution in [1.82, 2.24) is 4.72 Å². The molecule has 0 atom stereocenters. The molecule has 0 aliphatic heterocycles. The van der Waals surface area contributed by atoms with Crippen LogP contribution in [-0.2, 0) is 16.4 Å². The van der Waals surface area contributed by atoms with E-state index in [2.05, 4.69) is 4.72 Å². The van der Waals surface area contributed by atoms with Gasteiger partial charge >= 0.3 is 0 Å². The zero-order valence-electron chi connectivity index (χ0n) is 12.8. The number of nitrogens with two attached hydrogens (primary N) is 1. The van der Waals surface area contributed by atoms with Gasteiger partial charge in [0.25, 0.3) is 0 Å². The molecular formula is C16H19ClN2O3S. The van der Waals surface area contributed by atoms with Crippen molar-refractivity contribution in [1.29, 1.82) is 0 Å². The Morgan fingerprint density at radius 1 is 1.17 bits per heavy atom. The number of nitrogen functional groups attached to an aromatic ring is 1. The van der Waals surface area contributed by atoms with Crippen LogP contribution in [0.3, 0.4) is 0 Å². The van der Waals surface area contributed by atoms with Crippen LogP contribution in [-0.4, -0.2) is 21.6 Å². The molecule has 0 bridgehead atoms. The largest absolute Gasteiger partial charge is 0.494 e. The van der Waals surface area contributed by atoms with Crippen LogP contribution in [0.4, 0.5) is 5.69 Å². The van der Waals surface area contributed by atoms with E-state index < -0.39 is 10.0 Å². The predicted octanol–water partition coefficient (Wildman–Crippen LogP) is 2.84. The van der Waals surface area contributed by atoms with Gasteiger partial charge < -0.3 is 10.5 Å². The molecule has 0 heterocycles. The summed E-state index contributed by atoms with van der Waals surface area (Å²) in [5.41, 5.74) is 6.94. The molecule has 124 valence electrons. The lowest BCUT2D eigenvalue weighted by Gasteiger charge is -2.11. The first-order valence-corrected chi connectivity index (χ1v) is 9.05. The van der Waals surface area contributed by atoms with Crippen LogP contribution in [0.2, 0.25) is 5.02 Å². The van der Waals surface area contributed by atoms with Gasteiger partial charge in [-0.15, -0.1) is 0 Å². The lowest BCUT2D eigenvalue weighted by atomic mass is 10.1. The minimum atomic E-state index is -3.56. The molecule has 2 aromatic carbocycles. The van der Waals surface area contributed by atoms with E-state index in [9.17, 15) is 8.42 Å². The molecule has 3 N–H and O–H groups in total. The number of benzene rings is 2. The lowest BCUT2D eigenvalue weighted by molar-refractivity contribution is 0.336. The summed E-state index contributed by atoms with van der Waals surface area (Å²) in [7, 11) is -3.56. The van der Waals surface area contributed by atoms with Crippen LogP contribution in [0.5, 0.6) is 5.75 Å². The number of anilines is 1. The molecule has 0 saturated heterocycles. The fourth-order valence-electron chi connectivity index (χ4n) is 2.09. The fourth-order valence-corrected chi connectivity index (χ4v) is 3.32. The Labute approximate surface area is 141 Å².